The molecule has 0 aliphatic carbocycles. The number of methoxy groups -OCH3 is 1. The van der Waals surface area contributed by atoms with E-state index in [0.29, 0.717) is 11.3 Å². The number of carbonyl (C=O) groups is 1. The normalized spacial score (nSPS) is 12.7. The Balaban J connectivity index is 2.96. The highest BCUT2D eigenvalue weighted by molar-refractivity contribution is 7.91. The summed E-state index contributed by atoms with van der Waals surface area (Å²) < 4.78 is 77.4. The third-order valence-corrected chi connectivity index (χ3v) is 4.75. The highest BCUT2D eigenvalue weighted by Crippen LogP contribution is 2.24. The van der Waals surface area contributed by atoms with Crippen LogP contribution in [0.2, 0.25) is 0 Å². The average molecular weight is 336 g/mol. The first-order valence-corrected chi connectivity index (χ1v) is 7.15. The molecule has 0 spiro atoms. The Morgan fingerprint density at radius 3 is 2.65 bits per heavy atom. The summed E-state index contributed by atoms with van der Waals surface area (Å²) in [4.78, 5) is 14.6. The SMILES string of the molecule is COC(=O)c1ncsc1S(=O)(=O)NCC(F)(F)C(F)F. The molecule has 0 saturated carbocycles. The summed E-state index contributed by atoms with van der Waals surface area (Å²) in [5.41, 5.74) is 0.372. The highest BCUT2D eigenvalue weighted by Gasteiger charge is 2.42. The van der Waals surface area contributed by atoms with Crippen molar-refractivity contribution in [2.24, 2.45) is 0 Å². The van der Waals surface area contributed by atoms with Crippen molar-refractivity contribution in [1.82, 2.24) is 9.71 Å². The molecule has 6 nitrogen and oxygen atoms in total. The molecule has 20 heavy (non-hydrogen) atoms. The summed E-state index contributed by atoms with van der Waals surface area (Å²) in [5, 5.41) is 0. The lowest BCUT2D eigenvalue weighted by Crippen LogP contribution is -2.41. The van der Waals surface area contributed by atoms with Gasteiger partial charge in [-0.1, -0.05) is 0 Å². The quantitative estimate of drug-likeness (QED) is 0.621. The number of hydrogen-bond acceptors (Lipinski definition) is 6. The van der Waals surface area contributed by atoms with Crippen molar-refractivity contribution in [3.63, 3.8) is 0 Å². The molecular formula is C8H8F4N2O4S2. The van der Waals surface area contributed by atoms with E-state index in [-0.39, 0.29) is 0 Å². The first kappa shape index (κ1) is 16.8. The van der Waals surface area contributed by atoms with Gasteiger partial charge >= 0.3 is 18.3 Å². The van der Waals surface area contributed by atoms with Gasteiger partial charge in [-0.05, 0) is 0 Å². The van der Waals surface area contributed by atoms with E-state index in [9.17, 15) is 30.8 Å². The van der Waals surface area contributed by atoms with E-state index in [0.717, 1.165) is 12.6 Å². The summed E-state index contributed by atoms with van der Waals surface area (Å²) >= 11 is 0.464. The summed E-state index contributed by atoms with van der Waals surface area (Å²) in [6.45, 7) is -1.80. The second-order valence-electron chi connectivity index (χ2n) is 3.37. The summed E-state index contributed by atoms with van der Waals surface area (Å²) in [6, 6.07) is 0. The molecular weight excluding hydrogens is 328 g/mol. The van der Waals surface area contributed by atoms with Crippen molar-refractivity contribution in [2.75, 3.05) is 13.7 Å². The maximum absolute atomic E-state index is 12.7. The van der Waals surface area contributed by atoms with Gasteiger partial charge in [-0.2, -0.15) is 8.78 Å². The molecule has 12 heteroatoms. The van der Waals surface area contributed by atoms with Crippen molar-refractivity contribution in [1.29, 1.82) is 0 Å². The van der Waals surface area contributed by atoms with E-state index in [1.54, 1.807) is 0 Å². The summed E-state index contributed by atoms with van der Waals surface area (Å²) in [7, 11) is -3.61. The van der Waals surface area contributed by atoms with Gasteiger partial charge in [0.15, 0.2) is 9.90 Å². The van der Waals surface area contributed by atoms with Crippen LogP contribution in [-0.2, 0) is 14.8 Å². The summed E-state index contributed by atoms with van der Waals surface area (Å²) in [6.07, 6.45) is -4.02. The minimum Gasteiger partial charge on any atom is -0.464 e. The van der Waals surface area contributed by atoms with Gasteiger partial charge in [-0.15, -0.1) is 11.3 Å². The van der Waals surface area contributed by atoms with Crippen LogP contribution in [-0.4, -0.2) is 45.4 Å². The number of rotatable bonds is 6. The third kappa shape index (κ3) is 3.64. The molecule has 1 aromatic rings. The molecule has 0 radical (unpaired) electrons. The molecule has 0 aromatic carbocycles. The van der Waals surface area contributed by atoms with Gasteiger partial charge in [-0.25, -0.2) is 31.7 Å². The Morgan fingerprint density at radius 1 is 1.55 bits per heavy atom. The number of nitrogens with one attached hydrogen (secondary N) is 1. The third-order valence-electron chi connectivity index (χ3n) is 1.97. The minimum absolute atomic E-state index is 0.464. The van der Waals surface area contributed by atoms with Gasteiger partial charge in [0.1, 0.15) is 0 Å². The van der Waals surface area contributed by atoms with E-state index in [1.165, 1.54) is 4.72 Å². The Hall–Kier alpha value is -1.27. The Bertz CT molecular complexity index is 587. The van der Waals surface area contributed by atoms with Crippen molar-refractivity contribution in [2.45, 2.75) is 16.6 Å². The number of thiazole rings is 1. The first-order chi connectivity index (χ1) is 9.12. The van der Waals surface area contributed by atoms with Crippen molar-refractivity contribution >= 4 is 27.3 Å². The van der Waals surface area contributed by atoms with Gasteiger partial charge in [0.2, 0.25) is 0 Å². The van der Waals surface area contributed by atoms with Crippen LogP contribution in [0.3, 0.4) is 0 Å². The smallest absolute Gasteiger partial charge is 0.358 e. The molecule has 0 aliphatic rings. The Morgan fingerprint density at radius 2 is 2.15 bits per heavy atom. The zero-order valence-electron chi connectivity index (χ0n) is 9.77. The van der Waals surface area contributed by atoms with E-state index >= 15 is 0 Å². The van der Waals surface area contributed by atoms with Crippen LogP contribution in [0.15, 0.2) is 9.72 Å². The van der Waals surface area contributed by atoms with Crippen LogP contribution in [0.5, 0.6) is 0 Å². The molecule has 0 bridgehead atoms. The number of hydrogen-bond donors (Lipinski definition) is 1. The van der Waals surface area contributed by atoms with Crippen LogP contribution < -0.4 is 4.72 Å². The number of halogens is 4. The number of aromatic nitrogens is 1. The van der Waals surface area contributed by atoms with Gasteiger partial charge in [-0.3, -0.25) is 0 Å². The zero-order valence-corrected chi connectivity index (χ0v) is 11.4. The average Bonchev–Trinajstić information content (AvgIpc) is 2.85. The van der Waals surface area contributed by atoms with E-state index in [1.807, 2.05) is 0 Å². The number of carbonyl (C=O) groups excluding carboxylic acids is 1. The fourth-order valence-electron chi connectivity index (χ4n) is 0.993. The molecule has 1 rings (SSSR count). The van der Waals surface area contributed by atoms with Crippen molar-refractivity contribution in [3.05, 3.63) is 11.2 Å². The lowest BCUT2D eigenvalue weighted by molar-refractivity contribution is -0.122. The fraction of sp³-hybridized carbons (Fsp3) is 0.500. The Kier molecular flexibility index (Phi) is 5.05. The summed E-state index contributed by atoms with van der Waals surface area (Å²) in [5.74, 6) is -5.62. The van der Waals surface area contributed by atoms with Crippen LogP contribution in [0.1, 0.15) is 10.5 Å². The van der Waals surface area contributed by atoms with Gasteiger partial charge in [0.25, 0.3) is 10.0 Å². The van der Waals surface area contributed by atoms with Gasteiger partial charge in [0.05, 0.1) is 19.2 Å². The van der Waals surface area contributed by atoms with Crippen LogP contribution >= 0.6 is 11.3 Å². The molecule has 0 saturated heterocycles. The topological polar surface area (TPSA) is 85.4 Å². The van der Waals surface area contributed by atoms with E-state index in [4.69, 9.17) is 0 Å². The second-order valence-corrected chi connectivity index (χ2v) is 6.18. The number of nitrogens with zero attached hydrogens (tertiary/aromatic N) is 1. The monoisotopic (exact) mass is 336 g/mol. The maximum Gasteiger partial charge on any atom is 0.358 e. The van der Waals surface area contributed by atoms with E-state index < -0.39 is 44.8 Å². The largest absolute Gasteiger partial charge is 0.464 e. The number of ether oxygens (including phenoxy) is 1. The molecule has 1 aromatic heterocycles. The molecule has 0 aliphatic heterocycles. The molecule has 0 fully saturated rings. The second kappa shape index (κ2) is 6.01. The minimum atomic E-state index is -4.58. The lowest BCUT2D eigenvalue weighted by Gasteiger charge is -2.15. The van der Waals surface area contributed by atoms with E-state index in [2.05, 4.69) is 9.72 Å². The fourth-order valence-corrected chi connectivity index (χ4v) is 3.21. The van der Waals surface area contributed by atoms with Crippen LogP contribution in [0.4, 0.5) is 17.6 Å². The molecule has 1 heterocycles. The standard InChI is InChI=1S/C8H8F4N2O4S2/c1-18-5(15)4-6(19-3-13-4)20(16,17)14-2-8(11,12)7(9)10/h3,7,14H,2H2,1H3. The predicted molar refractivity (Wildman–Crippen MR) is 59.6 cm³/mol. The first-order valence-electron chi connectivity index (χ1n) is 4.79. The molecule has 0 amide bonds. The van der Waals surface area contributed by atoms with Crippen LogP contribution in [0, 0.1) is 0 Å². The molecule has 1 N–H and O–H groups in total. The van der Waals surface area contributed by atoms with Crippen molar-refractivity contribution < 1.29 is 35.5 Å². The zero-order chi connectivity index (χ0) is 15.6. The lowest BCUT2D eigenvalue weighted by atomic mass is 10.4. The number of esters is 1. The van der Waals surface area contributed by atoms with Gasteiger partial charge in [0, 0.05) is 0 Å². The van der Waals surface area contributed by atoms with Gasteiger partial charge < -0.3 is 4.74 Å². The van der Waals surface area contributed by atoms with Crippen molar-refractivity contribution in [3.8, 4) is 0 Å². The maximum atomic E-state index is 12.7. The highest BCUT2D eigenvalue weighted by atomic mass is 32.2. The predicted octanol–water partition coefficient (Wildman–Crippen LogP) is 1.11. The number of sulfonamides is 1. The number of alkyl halides is 4. The Labute approximate surface area is 114 Å². The molecule has 0 atom stereocenters. The molecule has 0 unspecified atom stereocenters. The van der Waals surface area contributed by atoms with Crippen LogP contribution in [0.25, 0.3) is 0 Å². The molecule has 114 valence electrons.